The Balaban J connectivity index is 1.49. The van der Waals surface area contributed by atoms with E-state index in [9.17, 15) is 14.4 Å². The number of nitrogens with zero attached hydrogens (tertiary/aromatic N) is 4. The number of rotatable bonds is 11. The number of hydrazine groups is 1. The van der Waals surface area contributed by atoms with E-state index in [0.717, 1.165) is 16.8 Å². The number of anilines is 1. The van der Waals surface area contributed by atoms with Crippen LogP contribution in [0.2, 0.25) is 0 Å². The molecule has 0 aromatic heterocycles. The van der Waals surface area contributed by atoms with Crippen molar-refractivity contribution in [3.05, 3.63) is 90.0 Å². The van der Waals surface area contributed by atoms with Crippen LogP contribution in [0.15, 0.2) is 78.9 Å². The van der Waals surface area contributed by atoms with Crippen LogP contribution in [-0.4, -0.2) is 77.7 Å². The number of fused-ring (bicyclic) bond motifs is 1. The van der Waals surface area contributed by atoms with E-state index < -0.39 is 11.7 Å². The second kappa shape index (κ2) is 14.4. The minimum Gasteiger partial charge on any atom is -0.444 e. The summed E-state index contributed by atoms with van der Waals surface area (Å²) in [5.74, 6) is -0.367. The van der Waals surface area contributed by atoms with E-state index in [2.05, 4.69) is 17.4 Å². The molecule has 9 heteroatoms. The van der Waals surface area contributed by atoms with Gasteiger partial charge < -0.3 is 19.9 Å². The van der Waals surface area contributed by atoms with E-state index in [1.807, 2.05) is 111 Å². The van der Waals surface area contributed by atoms with Crippen molar-refractivity contribution in [2.75, 3.05) is 38.1 Å². The molecular weight excluding hydrogens is 554 g/mol. The SMILES string of the molecule is CC(C)N(CCNC(=O)CN(CC(=O)N(C)N1Cc2ccccc2C1)c1ccccc1-c1ccccc1)C(=O)OC(C)(C)C. The molecular formula is C35H45N5O4. The Bertz CT molecular complexity index is 1410. The Morgan fingerprint density at radius 2 is 1.45 bits per heavy atom. The van der Waals surface area contributed by atoms with Crippen LogP contribution in [-0.2, 0) is 27.4 Å². The summed E-state index contributed by atoms with van der Waals surface area (Å²) in [6.07, 6.45) is -0.419. The zero-order chi connectivity index (χ0) is 31.9. The molecule has 0 saturated heterocycles. The first-order valence-electron chi connectivity index (χ1n) is 15.2. The van der Waals surface area contributed by atoms with Crippen molar-refractivity contribution in [3.8, 4) is 11.1 Å². The summed E-state index contributed by atoms with van der Waals surface area (Å²) < 4.78 is 5.55. The second-order valence-electron chi connectivity index (χ2n) is 12.4. The summed E-state index contributed by atoms with van der Waals surface area (Å²) >= 11 is 0. The molecule has 1 N–H and O–H groups in total. The number of benzene rings is 3. The summed E-state index contributed by atoms with van der Waals surface area (Å²) in [6.45, 7) is 11.2. The lowest BCUT2D eigenvalue weighted by molar-refractivity contribution is -0.145. The number of nitrogens with one attached hydrogen (secondary N) is 1. The van der Waals surface area contributed by atoms with Crippen molar-refractivity contribution in [1.29, 1.82) is 0 Å². The van der Waals surface area contributed by atoms with Crippen LogP contribution in [0.5, 0.6) is 0 Å². The molecule has 44 heavy (non-hydrogen) atoms. The van der Waals surface area contributed by atoms with E-state index >= 15 is 0 Å². The van der Waals surface area contributed by atoms with Crippen molar-refractivity contribution in [1.82, 2.24) is 20.2 Å². The van der Waals surface area contributed by atoms with Crippen molar-refractivity contribution in [2.45, 2.75) is 59.4 Å². The van der Waals surface area contributed by atoms with E-state index in [1.54, 1.807) is 17.0 Å². The van der Waals surface area contributed by atoms with Crippen LogP contribution in [0, 0.1) is 0 Å². The third-order valence-electron chi connectivity index (χ3n) is 7.53. The lowest BCUT2D eigenvalue weighted by atomic mass is 10.0. The Kier molecular flexibility index (Phi) is 10.7. The summed E-state index contributed by atoms with van der Waals surface area (Å²) in [5, 5.41) is 6.63. The topological polar surface area (TPSA) is 85.4 Å². The first kappa shape index (κ1) is 32.5. The quantitative estimate of drug-likeness (QED) is 0.322. The molecule has 0 saturated carbocycles. The second-order valence-corrected chi connectivity index (χ2v) is 12.4. The van der Waals surface area contributed by atoms with Gasteiger partial charge in [0, 0.05) is 50.5 Å². The molecule has 0 aliphatic carbocycles. The van der Waals surface area contributed by atoms with Gasteiger partial charge in [-0.2, -0.15) is 0 Å². The fourth-order valence-corrected chi connectivity index (χ4v) is 5.21. The number of hydrogen-bond donors (Lipinski definition) is 1. The van der Waals surface area contributed by atoms with Gasteiger partial charge in [0.1, 0.15) is 5.60 Å². The molecule has 1 aliphatic heterocycles. The predicted octanol–water partition coefficient (Wildman–Crippen LogP) is 5.31. The molecule has 0 unspecified atom stereocenters. The van der Waals surface area contributed by atoms with E-state index in [0.29, 0.717) is 19.6 Å². The number of ether oxygens (including phenoxy) is 1. The highest BCUT2D eigenvalue weighted by Gasteiger charge is 2.28. The third kappa shape index (κ3) is 8.60. The first-order chi connectivity index (χ1) is 20.9. The highest BCUT2D eigenvalue weighted by Crippen LogP contribution is 2.31. The molecule has 4 rings (SSSR count). The molecule has 1 aliphatic rings. The molecule has 0 bridgehead atoms. The van der Waals surface area contributed by atoms with Gasteiger partial charge in [-0.05, 0) is 57.4 Å². The summed E-state index contributed by atoms with van der Waals surface area (Å²) in [7, 11) is 1.78. The summed E-state index contributed by atoms with van der Waals surface area (Å²) in [4.78, 5) is 43.2. The first-order valence-corrected chi connectivity index (χ1v) is 15.2. The number of carbonyl (C=O) groups excluding carboxylic acids is 3. The molecule has 0 radical (unpaired) electrons. The average molecular weight is 600 g/mol. The van der Waals surface area contributed by atoms with Crippen molar-refractivity contribution < 1.29 is 19.1 Å². The van der Waals surface area contributed by atoms with Crippen LogP contribution in [0.25, 0.3) is 11.1 Å². The van der Waals surface area contributed by atoms with E-state index in [1.165, 1.54) is 11.1 Å². The Morgan fingerprint density at radius 1 is 0.864 bits per heavy atom. The van der Waals surface area contributed by atoms with Gasteiger partial charge in [-0.1, -0.05) is 72.8 Å². The standard InChI is InChI=1S/C35H45N5O4/c1-26(2)40(34(43)44-35(3,4)5)21-20-36-32(41)24-38(31-19-13-12-18-30(31)27-14-8-7-9-15-27)25-33(42)37(6)39-22-28-16-10-11-17-29(28)23-39/h7-19,26H,20-25H2,1-6H3,(H,36,41). The molecule has 234 valence electrons. The molecule has 9 nitrogen and oxygen atoms in total. The fraction of sp³-hybridized carbons (Fsp3) is 0.400. The van der Waals surface area contributed by atoms with Gasteiger partial charge in [0.2, 0.25) is 5.91 Å². The van der Waals surface area contributed by atoms with Crippen molar-refractivity contribution in [2.24, 2.45) is 0 Å². The van der Waals surface area contributed by atoms with Gasteiger partial charge in [-0.3, -0.25) is 14.6 Å². The van der Waals surface area contributed by atoms with Gasteiger partial charge in [0.15, 0.2) is 0 Å². The number of para-hydroxylation sites is 1. The zero-order valence-electron chi connectivity index (χ0n) is 26.7. The van der Waals surface area contributed by atoms with Crippen molar-refractivity contribution >= 4 is 23.6 Å². The van der Waals surface area contributed by atoms with Crippen LogP contribution >= 0.6 is 0 Å². The highest BCUT2D eigenvalue weighted by atomic mass is 16.6. The van der Waals surface area contributed by atoms with E-state index in [-0.39, 0.29) is 37.5 Å². The van der Waals surface area contributed by atoms with Crippen LogP contribution in [0.4, 0.5) is 10.5 Å². The largest absolute Gasteiger partial charge is 0.444 e. The summed E-state index contributed by atoms with van der Waals surface area (Å²) in [6, 6.07) is 25.9. The van der Waals surface area contributed by atoms with Gasteiger partial charge >= 0.3 is 6.09 Å². The molecule has 0 spiro atoms. The average Bonchev–Trinajstić information content (AvgIpc) is 3.42. The summed E-state index contributed by atoms with van der Waals surface area (Å²) in [5.41, 5.74) is 4.52. The fourth-order valence-electron chi connectivity index (χ4n) is 5.21. The molecule has 3 aromatic carbocycles. The number of amides is 3. The maximum atomic E-state index is 13.7. The van der Waals surface area contributed by atoms with Crippen molar-refractivity contribution in [3.63, 3.8) is 0 Å². The molecule has 3 amide bonds. The Morgan fingerprint density at radius 3 is 2.07 bits per heavy atom. The zero-order valence-corrected chi connectivity index (χ0v) is 26.7. The molecule has 0 fully saturated rings. The maximum absolute atomic E-state index is 13.7. The highest BCUT2D eigenvalue weighted by molar-refractivity contribution is 5.89. The van der Waals surface area contributed by atoms with Gasteiger partial charge in [0.25, 0.3) is 5.91 Å². The Labute approximate surface area is 261 Å². The minimum absolute atomic E-state index is 0.0106. The monoisotopic (exact) mass is 599 g/mol. The number of likely N-dealkylation sites (N-methyl/N-ethyl adjacent to an activating group) is 1. The maximum Gasteiger partial charge on any atom is 0.410 e. The number of hydrogen-bond acceptors (Lipinski definition) is 6. The Hall–Kier alpha value is -4.37. The smallest absolute Gasteiger partial charge is 0.410 e. The molecule has 1 heterocycles. The van der Waals surface area contributed by atoms with Crippen LogP contribution in [0.1, 0.15) is 45.7 Å². The number of carbonyl (C=O) groups is 3. The predicted molar refractivity (Wildman–Crippen MR) is 174 cm³/mol. The van der Waals surface area contributed by atoms with Gasteiger partial charge in [-0.15, -0.1) is 0 Å². The molecule has 0 atom stereocenters. The van der Waals surface area contributed by atoms with E-state index in [4.69, 9.17) is 4.74 Å². The normalized spacial score (nSPS) is 12.9. The van der Waals surface area contributed by atoms with Gasteiger partial charge in [-0.25, -0.2) is 9.80 Å². The molecule has 3 aromatic rings. The lowest BCUT2D eigenvalue weighted by Crippen LogP contribution is -2.49. The minimum atomic E-state index is -0.613. The third-order valence-corrected chi connectivity index (χ3v) is 7.53. The van der Waals surface area contributed by atoms with Crippen LogP contribution < -0.4 is 10.2 Å². The van der Waals surface area contributed by atoms with Crippen LogP contribution in [0.3, 0.4) is 0 Å². The van der Waals surface area contributed by atoms with Gasteiger partial charge in [0.05, 0.1) is 13.1 Å². The lowest BCUT2D eigenvalue weighted by Gasteiger charge is -2.32.